The van der Waals surface area contributed by atoms with Crippen LogP contribution in [0.15, 0.2) is 49.2 Å². The first kappa shape index (κ1) is 16.5. The van der Waals surface area contributed by atoms with Gasteiger partial charge in [0.2, 0.25) is 5.95 Å². The highest BCUT2D eigenvalue weighted by atomic mass is 35.5. The largest absolute Gasteiger partial charge is 0.289 e. The van der Waals surface area contributed by atoms with E-state index in [1.54, 1.807) is 35.3 Å². The molecule has 0 atom stereocenters. The molecule has 0 fully saturated rings. The normalized spacial score (nSPS) is 11.0. The molecule has 0 aliphatic carbocycles. The lowest BCUT2D eigenvalue weighted by Crippen LogP contribution is -2.13. The zero-order chi connectivity index (χ0) is 18.1. The van der Waals surface area contributed by atoms with Crippen molar-refractivity contribution in [3.05, 3.63) is 70.4 Å². The van der Waals surface area contributed by atoms with Gasteiger partial charge in [0.15, 0.2) is 5.65 Å². The predicted octanol–water partition coefficient (Wildman–Crippen LogP) is 2.93. The predicted molar refractivity (Wildman–Crippen MR) is 96.5 cm³/mol. The molecule has 1 aromatic carbocycles. The van der Waals surface area contributed by atoms with Crippen LogP contribution in [0.4, 0.5) is 5.95 Å². The molecule has 0 bridgehead atoms. The molecular formula is C16H11Cl2N7O. The Bertz CT molecular complexity index is 1100. The minimum atomic E-state index is -0.383. The van der Waals surface area contributed by atoms with E-state index in [4.69, 9.17) is 23.2 Å². The number of rotatable bonds is 4. The fourth-order valence-electron chi connectivity index (χ4n) is 2.41. The number of halogens is 2. The van der Waals surface area contributed by atoms with Gasteiger partial charge in [-0.05, 0) is 23.8 Å². The van der Waals surface area contributed by atoms with Crippen LogP contribution >= 0.6 is 23.2 Å². The van der Waals surface area contributed by atoms with Crippen molar-refractivity contribution in [2.45, 2.75) is 6.54 Å². The SMILES string of the molecule is O=C(Nc1ncn(Cc2ccc(Cl)c(Cl)c2)n1)c1cnn2cccnc12. The second-order valence-corrected chi connectivity index (χ2v) is 6.23. The molecule has 130 valence electrons. The highest BCUT2D eigenvalue weighted by molar-refractivity contribution is 6.42. The van der Waals surface area contributed by atoms with E-state index in [9.17, 15) is 4.79 Å². The zero-order valence-electron chi connectivity index (χ0n) is 13.2. The van der Waals surface area contributed by atoms with E-state index in [0.717, 1.165) is 5.56 Å². The maximum absolute atomic E-state index is 12.4. The minimum absolute atomic E-state index is 0.186. The number of carbonyl (C=O) groups is 1. The van der Waals surface area contributed by atoms with Gasteiger partial charge in [-0.25, -0.2) is 19.2 Å². The molecule has 0 aliphatic heterocycles. The van der Waals surface area contributed by atoms with E-state index in [1.807, 2.05) is 6.07 Å². The second kappa shape index (κ2) is 6.74. The van der Waals surface area contributed by atoms with Crippen LogP contribution < -0.4 is 5.32 Å². The Labute approximate surface area is 157 Å². The molecule has 3 aromatic heterocycles. The van der Waals surface area contributed by atoms with Crippen molar-refractivity contribution in [3.8, 4) is 0 Å². The number of carbonyl (C=O) groups excluding carboxylic acids is 1. The molecule has 0 aliphatic rings. The van der Waals surface area contributed by atoms with Gasteiger partial charge in [0.05, 0.1) is 22.8 Å². The van der Waals surface area contributed by atoms with E-state index in [1.165, 1.54) is 17.0 Å². The standard InChI is InChI=1S/C16H11Cl2N7O/c17-12-3-2-10(6-13(12)18)8-24-9-20-16(23-24)22-15(26)11-7-21-25-5-1-4-19-14(11)25/h1-7,9H,8H2,(H,22,23,26). The van der Waals surface area contributed by atoms with E-state index in [2.05, 4.69) is 25.5 Å². The van der Waals surface area contributed by atoms with Gasteiger partial charge in [0.1, 0.15) is 11.9 Å². The van der Waals surface area contributed by atoms with E-state index in [-0.39, 0.29) is 11.9 Å². The third kappa shape index (κ3) is 3.24. The number of nitrogens with zero attached hydrogens (tertiary/aromatic N) is 6. The summed E-state index contributed by atoms with van der Waals surface area (Å²) < 4.78 is 3.11. The van der Waals surface area contributed by atoms with Crippen molar-refractivity contribution in [2.75, 3.05) is 5.32 Å². The van der Waals surface area contributed by atoms with Crippen LogP contribution in [-0.4, -0.2) is 35.3 Å². The first-order valence-electron chi connectivity index (χ1n) is 7.53. The van der Waals surface area contributed by atoms with Crippen LogP contribution in [0.5, 0.6) is 0 Å². The summed E-state index contributed by atoms with van der Waals surface area (Å²) in [5, 5.41) is 11.9. The third-order valence-electron chi connectivity index (χ3n) is 3.61. The monoisotopic (exact) mass is 387 g/mol. The number of fused-ring (bicyclic) bond motifs is 1. The molecule has 26 heavy (non-hydrogen) atoms. The lowest BCUT2D eigenvalue weighted by Gasteiger charge is -2.03. The molecule has 8 nitrogen and oxygen atoms in total. The summed E-state index contributed by atoms with van der Waals surface area (Å²) in [6.07, 6.45) is 6.28. The quantitative estimate of drug-likeness (QED) is 0.581. The van der Waals surface area contributed by atoms with Crippen LogP contribution in [0.2, 0.25) is 10.0 Å². The molecule has 0 radical (unpaired) electrons. The average molecular weight is 388 g/mol. The number of nitrogens with one attached hydrogen (secondary N) is 1. The van der Waals surface area contributed by atoms with Crippen LogP contribution in [-0.2, 0) is 6.54 Å². The van der Waals surface area contributed by atoms with Crippen LogP contribution in [0.1, 0.15) is 15.9 Å². The topological polar surface area (TPSA) is 90.0 Å². The van der Waals surface area contributed by atoms with Crippen molar-refractivity contribution in [1.82, 2.24) is 29.4 Å². The number of aromatic nitrogens is 6. The Morgan fingerprint density at radius 2 is 2.08 bits per heavy atom. The molecule has 1 N–H and O–H groups in total. The van der Waals surface area contributed by atoms with Gasteiger partial charge in [-0.15, -0.1) is 5.10 Å². The summed E-state index contributed by atoms with van der Waals surface area (Å²) in [5.74, 6) is -0.198. The molecular weight excluding hydrogens is 377 g/mol. The maximum atomic E-state index is 12.4. The number of anilines is 1. The molecule has 0 saturated carbocycles. The molecule has 1 amide bonds. The lowest BCUT2D eigenvalue weighted by molar-refractivity contribution is 0.102. The van der Waals surface area contributed by atoms with Gasteiger partial charge >= 0.3 is 0 Å². The van der Waals surface area contributed by atoms with E-state index >= 15 is 0 Å². The Hall–Kier alpha value is -2.97. The molecule has 0 saturated heterocycles. The van der Waals surface area contributed by atoms with Crippen molar-refractivity contribution >= 4 is 40.7 Å². The minimum Gasteiger partial charge on any atom is -0.289 e. The molecule has 4 rings (SSSR count). The molecule has 4 aromatic rings. The smallest absolute Gasteiger partial charge is 0.263 e. The summed E-state index contributed by atoms with van der Waals surface area (Å²) in [6, 6.07) is 7.05. The van der Waals surface area contributed by atoms with Crippen molar-refractivity contribution in [1.29, 1.82) is 0 Å². The average Bonchev–Trinajstić information content (AvgIpc) is 3.25. The summed E-state index contributed by atoms with van der Waals surface area (Å²) in [4.78, 5) is 20.7. The van der Waals surface area contributed by atoms with Crippen LogP contribution in [0.25, 0.3) is 5.65 Å². The summed E-state index contributed by atoms with van der Waals surface area (Å²) >= 11 is 11.9. The Balaban J connectivity index is 1.49. The molecule has 10 heteroatoms. The van der Waals surface area contributed by atoms with Gasteiger partial charge in [-0.1, -0.05) is 29.3 Å². The van der Waals surface area contributed by atoms with Crippen molar-refractivity contribution in [3.63, 3.8) is 0 Å². The fourth-order valence-corrected chi connectivity index (χ4v) is 2.73. The van der Waals surface area contributed by atoms with E-state index < -0.39 is 0 Å². The number of hydrogen-bond donors (Lipinski definition) is 1. The Morgan fingerprint density at radius 3 is 2.92 bits per heavy atom. The van der Waals surface area contributed by atoms with Crippen molar-refractivity contribution < 1.29 is 4.79 Å². The number of amides is 1. The van der Waals surface area contributed by atoms with Gasteiger partial charge in [0.25, 0.3) is 5.91 Å². The number of hydrogen-bond acceptors (Lipinski definition) is 5. The molecule has 0 unspecified atom stereocenters. The van der Waals surface area contributed by atoms with Gasteiger partial charge in [-0.3, -0.25) is 10.1 Å². The van der Waals surface area contributed by atoms with E-state index in [0.29, 0.717) is 27.8 Å². The first-order valence-corrected chi connectivity index (χ1v) is 8.29. The highest BCUT2D eigenvalue weighted by Gasteiger charge is 2.15. The van der Waals surface area contributed by atoms with Gasteiger partial charge < -0.3 is 0 Å². The molecule has 0 spiro atoms. The van der Waals surface area contributed by atoms with Gasteiger partial charge in [0, 0.05) is 12.4 Å². The summed E-state index contributed by atoms with van der Waals surface area (Å²) in [5.41, 5.74) is 1.71. The summed E-state index contributed by atoms with van der Waals surface area (Å²) in [7, 11) is 0. The first-order chi connectivity index (χ1) is 12.6. The highest BCUT2D eigenvalue weighted by Crippen LogP contribution is 2.23. The molecule has 3 heterocycles. The summed E-state index contributed by atoms with van der Waals surface area (Å²) in [6.45, 7) is 0.442. The zero-order valence-corrected chi connectivity index (χ0v) is 14.7. The van der Waals surface area contributed by atoms with Crippen LogP contribution in [0.3, 0.4) is 0 Å². The van der Waals surface area contributed by atoms with Crippen LogP contribution in [0, 0.1) is 0 Å². The maximum Gasteiger partial charge on any atom is 0.263 e. The number of benzene rings is 1. The fraction of sp³-hybridized carbons (Fsp3) is 0.0625. The second-order valence-electron chi connectivity index (χ2n) is 5.41. The Kier molecular flexibility index (Phi) is 4.27. The lowest BCUT2D eigenvalue weighted by atomic mass is 10.2. The van der Waals surface area contributed by atoms with Gasteiger partial charge in [-0.2, -0.15) is 5.10 Å². The third-order valence-corrected chi connectivity index (χ3v) is 4.35. The Morgan fingerprint density at radius 1 is 1.19 bits per heavy atom. The van der Waals surface area contributed by atoms with Crippen molar-refractivity contribution in [2.24, 2.45) is 0 Å².